The molecule has 1 aliphatic heterocycles. The van der Waals surface area contributed by atoms with Gasteiger partial charge in [-0.2, -0.15) is 0 Å². The zero-order valence-corrected chi connectivity index (χ0v) is 15.6. The van der Waals surface area contributed by atoms with E-state index in [4.69, 9.17) is 0 Å². The highest BCUT2D eigenvalue weighted by atomic mass is 32.2. The van der Waals surface area contributed by atoms with Gasteiger partial charge in [0, 0.05) is 18.7 Å². The van der Waals surface area contributed by atoms with Crippen LogP contribution in [0.5, 0.6) is 0 Å². The molecule has 0 aliphatic carbocycles. The van der Waals surface area contributed by atoms with Crippen molar-refractivity contribution in [2.75, 3.05) is 16.8 Å². The Kier molecular flexibility index (Phi) is 5.22. The fraction of sp³-hybridized carbons (Fsp3) is 0.389. The van der Waals surface area contributed by atoms with Crippen molar-refractivity contribution in [1.29, 1.82) is 0 Å². The number of rotatable bonds is 5. The Morgan fingerprint density at radius 3 is 2.58 bits per heavy atom. The number of sulfone groups is 1. The fourth-order valence-electron chi connectivity index (χ4n) is 2.85. The van der Waals surface area contributed by atoms with Crippen molar-refractivity contribution in [2.24, 2.45) is 0 Å². The highest BCUT2D eigenvalue weighted by Gasteiger charge is 2.28. The topological polar surface area (TPSA) is 101 Å². The summed E-state index contributed by atoms with van der Waals surface area (Å²) in [6.07, 6.45) is 0.542. The molecule has 0 spiro atoms. The van der Waals surface area contributed by atoms with E-state index in [9.17, 15) is 13.2 Å². The number of hydrogen-bond acceptors (Lipinski definition) is 6. The second kappa shape index (κ2) is 7.41. The van der Waals surface area contributed by atoms with Crippen LogP contribution in [0.2, 0.25) is 0 Å². The molecule has 2 heterocycles. The van der Waals surface area contributed by atoms with Gasteiger partial charge in [-0.1, -0.05) is 29.8 Å². The fourth-order valence-corrected chi connectivity index (χ4v) is 4.53. The van der Waals surface area contributed by atoms with Crippen LogP contribution in [0.3, 0.4) is 0 Å². The lowest BCUT2D eigenvalue weighted by Gasteiger charge is -2.13. The maximum absolute atomic E-state index is 12.4. The summed E-state index contributed by atoms with van der Waals surface area (Å²) in [4.78, 5) is 20.8. The summed E-state index contributed by atoms with van der Waals surface area (Å²) in [5.41, 5.74) is 2.42. The van der Waals surface area contributed by atoms with Gasteiger partial charge in [0.15, 0.2) is 9.84 Å². The van der Waals surface area contributed by atoms with E-state index in [0.717, 1.165) is 11.1 Å². The molecule has 1 atom stereocenters. The van der Waals surface area contributed by atoms with Crippen LogP contribution in [-0.2, 0) is 16.4 Å². The Hall–Kier alpha value is -2.48. The summed E-state index contributed by atoms with van der Waals surface area (Å²) in [5.74, 6) is 0.901. The molecule has 1 fully saturated rings. The first-order valence-electron chi connectivity index (χ1n) is 8.47. The number of aryl methyl sites for hydroxylation is 2. The lowest BCUT2D eigenvalue weighted by Crippen LogP contribution is -2.26. The monoisotopic (exact) mass is 374 g/mol. The Morgan fingerprint density at radius 1 is 1.19 bits per heavy atom. The molecule has 138 valence electrons. The van der Waals surface area contributed by atoms with Crippen LogP contribution in [0.4, 0.5) is 5.82 Å². The van der Waals surface area contributed by atoms with Crippen molar-refractivity contribution in [3.8, 4) is 0 Å². The van der Waals surface area contributed by atoms with Gasteiger partial charge >= 0.3 is 0 Å². The second-order valence-electron chi connectivity index (χ2n) is 6.60. The van der Waals surface area contributed by atoms with Crippen molar-refractivity contribution in [3.05, 3.63) is 53.0 Å². The molecule has 2 aromatic rings. The lowest BCUT2D eigenvalue weighted by atomic mass is 10.1. The zero-order valence-electron chi connectivity index (χ0n) is 14.8. The van der Waals surface area contributed by atoms with E-state index < -0.39 is 9.84 Å². The van der Waals surface area contributed by atoms with Crippen LogP contribution < -0.4 is 10.6 Å². The van der Waals surface area contributed by atoms with Gasteiger partial charge in [0.25, 0.3) is 5.91 Å². The maximum atomic E-state index is 12.4. The molecular weight excluding hydrogens is 352 g/mol. The molecule has 1 unspecified atom stereocenters. The third-order valence-corrected chi connectivity index (χ3v) is 6.00. The van der Waals surface area contributed by atoms with Crippen molar-refractivity contribution in [3.63, 3.8) is 0 Å². The van der Waals surface area contributed by atoms with Crippen molar-refractivity contribution in [1.82, 2.24) is 15.3 Å². The number of hydrogen-bond donors (Lipinski definition) is 2. The predicted octanol–water partition coefficient (Wildman–Crippen LogP) is 1.62. The van der Waals surface area contributed by atoms with Crippen LogP contribution in [-0.4, -0.2) is 41.8 Å². The summed E-state index contributed by atoms with van der Waals surface area (Å²) in [6, 6.07) is 9.30. The van der Waals surface area contributed by atoms with E-state index in [0.29, 0.717) is 24.6 Å². The molecule has 0 bridgehead atoms. The molecule has 3 rings (SSSR count). The highest BCUT2D eigenvalue weighted by molar-refractivity contribution is 7.91. The third-order valence-electron chi connectivity index (χ3n) is 4.23. The minimum atomic E-state index is -2.98. The minimum absolute atomic E-state index is 0.0883. The molecule has 8 heteroatoms. The van der Waals surface area contributed by atoms with Crippen LogP contribution in [0.25, 0.3) is 0 Å². The molecule has 0 radical (unpaired) electrons. The Bertz CT molecular complexity index is 911. The molecule has 1 amide bonds. The highest BCUT2D eigenvalue weighted by Crippen LogP contribution is 2.17. The molecule has 1 saturated heterocycles. The number of carbonyl (C=O) groups is 1. The van der Waals surface area contributed by atoms with Crippen molar-refractivity contribution in [2.45, 2.75) is 32.9 Å². The van der Waals surface area contributed by atoms with Gasteiger partial charge in [-0.15, -0.1) is 0 Å². The molecule has 1 aromatic heterocycles. The number of anilines is 1. The summed E-state index contributed by atoms with van der Waals surface area (Å²) in [5, 5.41) is 5.95. The quantitative estimate of drug-likeness (QED) is 0.825. The first-order valence-corrected chi connectivity index (χ1v) is 10.3. The Labute approximate surface area is 153 Å². The van der Waals surface area contributed by atoms with Crippen LogP contribution in [0.1, 0.15) is 33.9 Å². The molecule has 0 saturated carbocycles. The third kappa shape index (κ3) is 4.78. The number of aromatic nitrogens is 2. The summed E-state index contributed by atoms with van der Waals surface area (Å²) >= 11 is 0. The molecule has 1 aromatic carbocycles. The van der Waals surface area contributed by atoms with Crippen LogP contribution >= 0.6 is 0 Å². The van der Waals surface area contributed by atoms with Gasteiger partial charge in [0.05, 0.1) is 11.5 Å². The van der Waals surface area contributed by atoms with Gasteiger partial charge in [0.2, 0.25) is 0 Å². The van der Waals surface area contributed by atoms with E-state index in [-0.39, 0.29) is 29.1 Å². The number of carbonyl (C=O) groups excluding carboxylic acids is 1. The Balaban J connectivity index is 1.66. The summed E-state index contributed by atoms with van der Waals surface area (Å²) < 4.78 is 23.2. The van der Waals surface area contributed by atoms with Crippen LogP contribution in [0, 0.1) is 13.8 Å². The van der Waals surface area contributed by atoms with E-state index in [2.05, 4.69) is 20.6 Å². The molecule has 1 aliphatic rings. The van der Waals surface area contributed by atoms with Crippen molar-refractivity contribution >= 4 is 21.6 Å². The smallest absolute Gasteiger partial charge is 0.270 e. The van der Waals surface area contributed by atoms with Gasteiger partial charge in [0.1, 0.15) is 17.3 Å². The largest absolute Gasteiger partial charge is 0.366 e. The van der Waals surface area contributed by atoms with Gasteiger partial charge in [-0.05, 0) is 25.8 Å². The average Bonchev–Trinajstić information content (AvgIpc) is 2.92. The molecule has 26 heavy (non-hydrogen) atoms. The number of benzene rings is 1. The van der Waals surface area contributed by atoms with Gasteiger partial charge < -0.3 is 10.6 Å². The first kappa shape index (κ1) is 18.3. The van der Waals surface area contributed by atoms with E-state index in [1.807, 2.05) is 31.2 Å². The predicted molar refractivity (Wildman–Crippen MR) is 99.8 cm³/mol. The SMILES string of the molecule is Cc1ccc(CNC(=O)c2cc(NC3CCS(=O)(=O)C3)nc(C)n2)cc1. The lowest BCUT2D eigenvalue weighted by molar-refractivity contribution is 0.0945. The standard InChI is InChI=1S/C18H22N4O3S/c1-12-3-5-14(6-4-12)10-19-18(23)16-9-17(21-13(2)20-16)22-15-7-8-26(24,25)11-15/h3-6,9,15H,7-8,10-11H2,1-2H3,(H,19,23)(H,20,21,22). The zero-order chi connectivity index (χ0) is 18.7. The minimum Gasteiger partial charge on any atom is -0.366 e. The number of nitrogens with zero attached hydrogens (tertiary/aromatic N) is 2. The average molecular weight is 374 g/mol. The maximum Gasteiger partial charge on any atom is 0.270 e. The molecular formula is C18H22N4O3S. The normalized spacial score (nSPS) is 18.5. The van der Waals surface area contributed by atoms with Gasteiger partial charge in [-0.25, -0.2) is 18.4 Å². The Morgan fingerprint density at radius 2 is 1.92 bits per heavy atom. The molecule has 2 N–H and O–H groups in total. The molecule has 7 nitrogen and oxygen atoms in total. The first-order chi connectivity index (χ1) is 12.3. The van der Waals surface area contributed by atoms with E-state index in [1.54, 1.807) is 13.0 Å². The second-order valence-corrected chi connectivity index (χ2v) is 8.83. The summed E-state index contributed by atoms with van der Waals surface area (Å²) in [7, 11) is -2.98. The summed E-state index contributed by atoms with van der Waals surface area (Å²) in [6.45, 7) is 4.12. The van der Waals surface area contributed by atoms with E-state index in [1.165, 1.54) is 0 Å². The number of nitrogens with one attached hydrogen (secondary N) is 2. The number of amides is 1. The van der Waals surface area contributed by atoms with Crippen molar-refractivity contribution < 1.29 is 13.2 Å². The van der Waals surface area contributed by atoms with Crippen LogP contribution in [0.15, 0.2) is 30.3 Å². The van der Waals surface area contributed by atoms with Gasteiger partial charge in [-0.3, -0.25) is 4.79 Å². The van der Waals surface area contributed by atoms with E-state index >= 15 is 0 Å².